The Morgan fingerprint density at radius 2 is 1.85 bits per heavy atom. The maximum atomic E-state index is 12.6. The summed E-state index contributed by atoms with van der Waals surface area (Å²) in [5.74, 6) is -0.750. The molecule has 0 heterocycles. The SMILES string of the molecule is CN(C)[C@H]1CCC[C@@H]1C(C)(C)OC(=O)c1ccc([N+](=O)[O-])cc1[N+](=O)[O-]. The summed E-state index contributed by atoms with van der Waals surface area (Å²) >= 11 is 0. The molecule has 2 rings (SSSR count). The van der Waals surface area contributed by atoms with Crippen molar-refractivity contribution in [2.24, 2.45) is 5.92 Å². The number of hydrogen-bond acceptors (Lipinski definition) is 7. The minimum Gasteiger partial charge on any atom is -0.456 e. The van der Waals surface area contributed by atoms with E-state index in [0.29, 0.717) is 0 Å². The van der Waals surface area contributed by atoms with Crippen molar-refractivity contribution in [1.29, 1.82) is 0 Å². The first kappa shape index (κ1) is 19.8. The summed E-state index contributed by atoms with van der Waals surface area (Å²) in [6.07, 6.45) is 2.91. The number of carbonyl (C=O) groups is 1. The van der Waals surface area contributed by atoms with Gasteiger partial charge in [0.2, 0.25) is 0 Å². The van der Waals surface area contributed by atoms with E-state index in [1.54, 1.807) is 13.8 Å². The summed E-state index contributed by atoms with van der Waals surface area (Å²) < 4.78 is 5.64. The lowest BCUT2D eigenvalue weighted by atomic mass is 9.85. The van der Waals surface area contributed by atoms with Gasteiger partial charge in [0.25, 0.3) is 11.4 Å². The van der Waals surface area contributed by atoms with Crippen LogP contribution in [-0.2, 0) is 4.74 Å². The fraction of sp³-hybridized carbons (Fsp3) is 0.588. The number of esters is 1. The van der Waals surface area contributed by atoms with E-state index in [1.165, 1.54) is 0 Å². The van der Waals surface area contributed by atoms with Gasteiger partial charge in [0.05, 0.1) is 15.9 Å². The molecule has 1 aliphatic rings. The third-order valence-electron chi connectivity index (χ3n) is 5.00. The van der Waals surface area contributed by atoms with Crippen LogP contribution in [0.3, 0.4) is 0 Å². The van der Waals surface area contributed by atoms with Crippen molar-refractivity contribution >= 4 is 17.3 Å². The zero-order valence-corrected chi connectivity index (χ0v) is 15.3. The number of non-ortho nitro benzene ring substituents is 1. The van der Waals surface area contributed by atoms with Gasteiger partial charge in [-0.05, 0) is 46.9 Å². The van der Waals surface area contributed by atoms with Gasteiger partial charge in [-0.2, -0.15) is 0 Å². The number of ether oxygens (including phenoxy) is 1. The second-order valence-electron chi connectivity index (χ2n) is 7.28. The molecule has 1 fully saturated rings. The first-order valence-electron chi connectivity index (χ1n) is 8.37. The number of rotatable bonds is 6. The molecule has 0 unspecified atom stereocenters. The molecule has 9 nitrogen and oxygen atoms in total. The molecule has 1 saturated carbocycles. The molecule has 0 saturated heterocycles. The van der Waals surface area contributed by atoms with Crippen LogP contribution in [0.4, 0.5) is 11.4 Å². The van der Waals surface area contributed by atoms with Crippen molar-refractivity contribution in [2.75, 3.05) is 14.1 Å². The van der Waals surface area contributed by atoms with E-state index in [0.717, 1.165) is 37.5 Å². The molecule has 2 atom stereocenters. The Morgan fingerprint density at radius 3 is 2.38 bits per heavy atom. The zero-order chi connectivity index (χ0) is 19.6. The first-order chi connectivity index (χ1) is 12.0. The lowest BCUT2D eigenvalue weighted by Crippen LogP contribution is -2.45. The monoisotopic (exact) mass is 365 g/mol. The third kappa shape index (κ3) is 3.98. The lowest BCUT2D eigenvalue weighted by Gasteiger charge is -2.37. The summed E-state index contributed by atoms with van der Waals surface area (Å²) in [7, 11) is 3.95. The highest BCUT2D eigenvalue weighted by atomic mass is 16.6. The second-order valence-corrected chi connectivity index (χ2v) is 7.28. The minimum atomic E-state index is -0.846. The Labute approximate surface area is 151 Å². The van der Waals surface area contributed by atoms with Crippen LogP contribution in [0.1, 0.15) is 43.5 Å². The predicted molar refractivity (Wildman–Crippen MR) is 94.1 cm³/mol. The lowest BCUT2D eigenvalue weighted by molar-refractivity contribution is -0.394. The number of carbonyl (C=O) groups excluding carboxylic acids is 1. The molecule has 0 aliphatic heterocycles. The molecule has 0 aromatic heterocycles. The number of hydrogen-bond donors (Lipinski definition) is 0. The van der Waals surface area contributed by atoms with Crippen LogP contribution in [0.15, 0.2) is 18.2 Å². The Hall–Kier alpha value is -2.55. The number of nitro groups is 2. The van der Waals surface area contributed by atoms with Gasteiger partial charge in [-0.15, -0.1) is 0 Å². The fourth-order valence-corrected chi connectivity index (χ4v) is 3.70. The predicted octanol–water partition coefficient (Wildman–Crippen LogP) is 3.17. The number of nitrogens with zero attached hydrogens (tertiary/aromatic N) is 3. The molecule has 0 spiro atoms. The van der Waals surface area contributed by atoms with Gasteiger partial charge in [-0.1, -0.05) is 6.42 Å². The Morgan fingerprint density at radius 1 is 1.19 bits per heavy atom. The summed E-state index contributed by atoms with van der Waals surface area (Å²) in [5.41, 5.74) is -2.18. The van der Waals surface area contributed by atoms with E-state index in [4.69, 9.17) is 4.74 Å². The molecule has 1 aromatic rings. The topological polar surface area (TPSA) is 116 Å². The average Bonchev–Trinajstić information content (AvgIpc) is 3.04. The molecule has 0 radical (unpaired) electrons. The quantitative estimate of drug-likeness (QED) is 0.432. The van der Waals surface area contributed by atoms with E-state index < -0.39 is 32.8 Å². The zero-order valence-electron chi connectivity index (χ0n) is 15.3. The average molecular weight is 365 g/mol. The van der Waals surface area contributed by atoms with Gasteiger partial charge >= 0.3 is 5.97 Å². The molecule has 0 N–H and O–H groups in total. The Balaban J connectivity index is 2.29. The van der Waals surface area contributed by atoms with E-state index >= 15 is 0 Å². The van der Waals surface area contributed by atoms with E-state index in [1.807, 2.05) is 14.1 Å². The van der Waals surface area contributed by atoms with Crippen molar-refractivity contribution < 1.29 is 19.4 Å². The normalized spacial score (nSPS) is 20.2. The minimum absolute atomic E-state index is 0.0959. The molecule has 0 bridgehead atoms. The summed E-state index contributed by atoms with van der Waals surface area (Å²) in [6, 6.07) is 3.17. The Bertz CT molecular complexity index is 731. The highest BCUT2D eigenvalue weighted by molar-refractivity contribution is 5.94. The van der Waals surface area contributed by atoms with Crippen LogP contribution in [0.25, 0.3) is 0 Å². The van der Waals surface area contributed by atoms with Crippen LogP contribution >= 0.6 is 0 Å². The Kier molecular flexibility index (Phi) is 5.60. The molecule has 1 aromatic carbocycles. The summed E-state index contributed by atoms with van der Waals surface area (Å²) in [6.45, 7) is 3.60. The van der Waals surface area contributed by atoms with E-state index in [2.05, 4.69) is 4.90 Å². The third-order valence-corrected chi connectivity index (χ3v) is 5.00. The van der Waals surface area contributed by atoms with Crippen molar-refractivity contribution in [3.63, 3.8) is 0 Å². The van der Waals surface area contributed by atoms with Crippen LogP contribution in [0, 0.1) is 26.1 Å². The van der Waals surface area contributed by atoms with Gasteiger partial charge in [0, 0.05) is 18.0 Å². The summed E-state index contributed by atoms with van der Waals surface area (Å²) in [5, 5.41) is 22.1. The fourth-order valence-electron chi connectivity index (χ4n) is 3.70. The van der Waals surface area contributed by atoms with Gasteiger partial charge in [-0.3, -0.25) is 20.2 Å². The maximum Gasteiger partial charge on any atom is 0.345 e. The molecule has 26 heavy (non-hydrogen) atoms. The van der Waals surface area contributed by atoms with Crippen molar-refractivity contribution in [3.05, 3.63) is 44.0 Å². The van der Waals surface area contributed by atoms with Gasteiger partial charge < -0.3 is 9.64 Å². The molecule has 1 aliphatic carbocycles. The first-order valence-corrected chi connectivity index (χ1v) is 8.37. The van der Waals surface area contributed by atoms with Crippen molar-refractivity contribution in [1.82, 2.24) is 4.90 Å². The molecule has 9 heteroatoms. The van der Waals surface area contributed by atoms with E-state index in [9.17, 15) is 25.0 Å². The van der Waals surface area contributed by atoms with Gasteiger partial charge in [0.15, 0.2) is 0 Å². The van der Waals surface area contributed by atoms with Crippen molar-refractivity contribution in [3.8, 4) is 0 Å². The molecule has 142 valence electrons. The van der Waals surface area contributed by atoms with Crippen LogP contribution < -0.4 is 0 Å². The second kappa shape index (κ2) is 7.36. The highest BCUT2D eigenvalue weighted by Crippen LogP contribution is 2.39. The molecular formula is C17H23N3O6. The maximum absolute atomic E-state index is 12.6. The van der Waals surface area contributed by atoms with Crippen LogP contribution in [-0.4, -0.2) is 46.5 Å². The number of benzene rings is 1. The molecular weight excluding hydrogens is 342 g/mol. The smallest absolute Gasteiger partial charge is 0.345 e. The number of nitro benzene ring substituents is 2. The highest BCUT2D eigenvalue weighted by Gasteiger charge is 2.43. The van der Waals surface area contributed by atoms with Gasteiger partial charge in [-0.25, -0.2) is 4.79 Å². The van der Waals surface area contributed by atoms with Crippen molar-refractivity contribution in [2.45, 2.75) is 44.8 Å². The molecule has 0 amide bonds. The van der Waals surface area contributed by atoms with E-state index in [-0.39, 0.29) is 17.5 Å². The summed E-state index contributed by atoms with van der Waals surface area (Å²) in [4.78, 5) is 35.2. The van der Waals surface area contributed by atoms with Crippen LogP contribution in [0.2, 0.25) is 0 Å². The largest absolute Gasteiger partial charge is 0.456 e. The standard InChI is InChI=1S/C17H23N3O6/c1-17(2,13-6-5-7-14(13)18(3)4)26-16(21)12-9-8-11(19(22)23)10-15(12)20(24)25/h8-10,13-14H,5-7H2,1-4H3/t13-,14-/m0/s1. The van der Waals surface area contributed by atoms with Crippen LogP contribution in [0.5, 0.6) is 0 Å². The van der Waals surface area contributed by atoms with Gasteiger partial charge in [0.1, 0.15) is 11.2 Å².